The number of aromatic carboxylic acids is 1. The predicted molar refractivity (Wildman–Crippen MR) is 136 cm³/mol. The zero-order chi connectivity index (χ0) is 30.0. The van der Waals surface area contributed by atoms with Crippen molar-refractivity contribution in [1.82, 2.24) is 0 Å². The van der Waals surface area contributed by atoms with Crippen LogP contribution in [0.3, 0.4) is 0 Å². The van der Waals surface area contributed by atoms with E-state index in [2.05, 4.69) is 20.8 Å². The molecule has 212 valence electrons. The van der Waals surface area contributed by atoms with Crippen LogP contribution in [0.5, 0.6) is 5.75 Å². The SMILES string of the molecule is Nc1ccc(NN=C(N=Nc2ccccc2S(=O)(=O)O)c2cc(S(=O)(=O)O)cc(S(=O)(=O)O)c2O)c(C(=O)O)c1. The third-order valence-electron chi connectivity index (χ3n) is 4.82. The molecular formula is C20H17N5O12S3. The van der Waals surface area contributed by atoms with Crippen molar-refractivity contribution in [1.29, 1.82) is 0 Å². The Morgan fingerprint density at radius 3 is 2.00 bits per heavy atom. The topological polar surface area (TPSA) is 296 Å². The number of aromatic hydroxyl groups is 1. The lowest BCUT2D eigenvalue weighted by Gasteiger charge is -2.11. The summed E-state index contributed by atoms with van der Waals surface area (Å²) in [5.41, 5.74) is 5.79. The quantitative estimate of drug-likeness (QED) is 0.0476. The second-order valence-corrected chi connectivity index (χ2v) is 11.8. The molecule has 17 nitrogen and oxygen atoms in total. The van der Waals surface area contributed by atoms with Crippen molar-refractivity contribution in [2.45, 2.75) is 14.7 Å². The number of hydrogen-bond acceptors (Lipinski definition) is 12. The highest BCUT2D eigenvalue weighted by Crippen LogP contribution is 2.32. The maximum atomic E-state index is 11.8. The molecule has 0 heterocycles. The third kappa shape index (κ3) is 6.93. The Kier molecular flexibility index (Phi) is 8.24. The number of benzene rings is 3. The summed E-state index contributed by atoms with van der Waals surface area (Å²) in [4.78, 5) is 8.29. The lowest BCUT2D eigenvalue weighted by molar-refractivity contribution is 0.0697. The summed E-state index contributed by atoms with van der Waals surface area (Å²) in [6, 6.07) is 8.69. The minimum absolute atomic E-state index is 0.0463. The lowest BCUT2D eigenvalue weighted by atomic mass is 10.1. The van der Waals surface area contributed by atoms with E-state index in [0.29, 0.717) is 6.07 Å². The molecule has 20 heteroatoms. The molecule has 0 aliphatic carbocycles. The van der Waals surface area contributed by atoms with Gasteiger partial charge < -0.3 is 15.9 Å². The van der Waals surface area contributed by atoms with Crippen LogP contribution in [0.4, 0.5) is 17.1 Å². The molecule has 0 aliphatic heterocycles. The van der Waals surface area contributed by atoms with E-state index >= 15 is 0 Å². The van der Waals surface area contributed by atoms with Crippen LogP contribution in [0.25, 0.3) is 0 Å². The highest BCUT2D eigenvalue weighted by Gasteiger charge is 2.27. The highest BCUT2D eigenvalue weighted by atomic mass is 32.2. The molecule has 0 saturated carbocycles. The summed E-state index contributed by atoms with van der Waals surface area (Å²) >= 11 is 0. The van der Waals surface area contributed by atoms with E-state index in [0.717, 1.165) is 24.3 Å². The molecule has 0 amide bonds. The van der Waals surface area contributed by atoms with Crippen LogP contribution in [0.15, 0.2) is 84.6 Å². The zero-order valence-corrected chi connectivity index (χ0v) is 21.9. The summed E-state index contributed by atoms with van der Waals surface area (Å²) in [5.74, 6) is -3.74. The summed E-state index contributed by atoms with van der Waals surface area (Å²) in [7, 11) is -15.4. The second-order valence-electron chi connectivity index (χ2n) is 7.57. The Balaban J connectivity index is 2.34. The summed E-state index contributed by atoms with van der Waals surface area (Å²) in [5, 5.41) is 30.9. The van der Waals surface area contributed by atoms with Crippen LogP contribution in [0.2, 0.25) is 0 Å². The van der Waals surface area contributed by atoms with Gasteiger partial charge in [-0.3, -0.25) is 19.1 Å². The molecule has 0 spiro atoms. The number of nitrogens with two attached hydrogens (primary N) is 1. The molecule has 0 aliphatic rings. The van der Waals surface area contributed by atoms with Gasteiger partial charge in [0.2, 0.25) is 5.84 Å². The molecule has 3 rings (SSSR count). The van der Waals surface area contributed by atoms with Crippen molar-refractivity contribution in [3.8, 4) is 5.75 Å². The number of carbonyl (C=O) groups is 1. The van der Waals surface area contributed by atoms with Gasteiger partial charge in [-0.2, -0.15) is 30.4 Å². The minimum Gasteiger partial charge on any atom is -0.506 e. The standard InChI is InChI=1S/C20H17N5O12S3/c21-10-5-6-14(12(7-10)20(27)28)22-24-19(25-23-15-3-1-2-4-16(15)39(32,33)34)13-8-11(38(29,30)31)9-17(18(13)26)40(35,36)37/h1-9,22,26H,21H2,(H,27,28)(H,29,30,31)(H,32,33,34)(H,35,36,37). The maximum absolute atomic E-state index is 11.8. The summed E-state index contributed by atoms with van der Waals surface area (Å²) in [6.07, 6.45) is 0. The zero-order valence-electron chi connectivity index (χ0n) is 19.4. The smallest absolute Gasteiger partial charge is 0.337 e. The number of phenolic OH excluding ortho intramolecular Hbond substituents is 1. The molecule has 3 aromatic rings. The van der Waals surface area contributed by atoms with Crippen LogP contribution in [-0.2, 0) is 30.4 Å². The van der Waals surface area contributed by atoms with Gasteiger partial charge in [0.25, 0.3) is 30.4 Å². The Labute approximate surface area is 225 Å². The van der Waals surface area contributed by atoms with E-state index in [-0.39, 0.29) is 17.4 Å². The summed E-state index contributed by atoms with van der Waals surface area (Å²) < 4.78 is 99.0. The number of carboxylic acid groups (broad SMARTS) is 1. The van der Waals surface area contributed by atoms with Crippen molar-refractivity contribution >= 4 is 59.2 Å². The first-order valence-corrected chi connectivity index (χ1v) is 14.5. The predicted octanol–water partition coefficient (Wildman–Crippen LogP) is 1.97. The normalized spacial score (nSPS) is 12.9. The fourth-order valence-corrected chi connectivity index (χ4v) is 4.91. The van der Waals surface area contributed by atoms with Crippen molar-refractivity contribution in [3.05, 3.63) is 65.7 Å². The third-order valence-corrected chi connectivity index (χ3v) is 7.42. The van der Waals surface area contributed by atoms with Gasteiger partial charge in [-0.25, -0.2) is 4.79 Å². The van der Waals surface area contributed by atoms with Gasteiger partial charge in [0, 0.05) is 5.69 Å². The first kappa shape index (κ1) is 30.1. The number of nitrogens with one attached hydrogen (secondary N) is 1. The van der Waals surface area contributed by atoms with Gasteiger partial charge in [-0.1, -0.05) is 12.1 Å². The first-order chi connectivity index (χ1) is 18.4. The first-order valence-electron chi connectivity index (χ1n) is 10.2. The van der Waals surface area contributed by atoms with Gasteiger partial charge in [0.1, 0.15) is 21.2 Å². The molecule has 0 atom stereocenters. The Hall–Kier alpha value is -4.47. The van der Waals surface area contributed by atoms with Gasteiger partial charge in [-0.05, 0) is 42.5 Å². The summed E-state index contributed by atoms with van der Waals surface area (Å²) in [6.45, 7) is 0. The van der Waals surface area contributed by atoms with Crippen LogP contribution >= 0.6 is 0 Å². The highest BCUT2D eigenvalue weighted by molar-refractivity contribution is 7.86. The molecule has 0 aromatic heterocycles. The maximum Gasteiger partial charge on any atom is 0.337 e. The Morgan fingerprint density at radius 1 is 0.800 bits per heavy atom. The molecule has 0 radical (unpaired) electrons. The van der Waals surface area contributed by atoms with E-state index in [1.165, 1.54) is 18.2 Å². The number of anilines is 2. The number of azo groups is 1. The molecular weight excluding hydrogens is 598 g/mol. The number of amidine groups is 1. The number of phenols is 1. The van der Waals surface area contributed by atoms with Crippen molar-refractivity contribution in [3.63, 3.8) is 0 Å². The van der Waals surface area contributed by atoms with Gasteiger partial charge in [0.05, 0.1) is 21.7 Å². The molecule has 0 saturated heterocycles. The molecule has 8 N–H and O–H groups in total. The fourth-order valence-electron chi connectivity index (χ4n) is 3.04. The van der Waals surface area contributed by atoms with E-state index in [1.54, 1.807) is 0 Å². The van der Waals surface area contributed by atoms with Crippen LogP contribution in [0.1, 0.15) is 15.9 Å². The van der Waals surface area contributed by atoms with Crippen molar-refractivity contribution < 1.29 is 53.9 Å². The molecule has 3 aromatic carbocycles. The largest absolute Gasteiger partial charge is 0.506 e. The minimum atomic E-state index is -5.33. The van der Waals surface area contributed by atoms with E-state index in [1.807, 2.05) is 0 Å². The average molecular weight is 616 g/mol. The lowest BCUT2D eigenvalue weighted by Crippen LogP contribution is -2.10. The van der Waals surface area contributed by atoms with Crippen molar-refractivity contribution in [2.24, 2.45) is 15.3 Å². The molecule has 0 bridgehead atoms. The van der Waals surface area contributed by atoms with Crippen LogP contribution in [-0.4, -0.2) is 60.9 Å². The number of carboxylic acids is 1. The van der Waals surface area contributed by atoms with E-state index in [9.17, 15) is 53.9 Å². The van der Waals surface area contributed by atoms with E-state index < -0.39 is 79.4 Å². The Bertz CT molecular complexity index is 1900. The monoisotopic (exact) mass is 615 g/mol. The number of rotatable bonds is 8. The van der Waals surface area contributed by atoms with Crippen LogP contribution < -0.4 is 11.2 Å². The van der Waals surface area contributed by atoms with E-state index in [4.69, 9.17) is 5.73 Å². The van der Waals surface area contributed by atoms with Crippen LogP contribution in [0, 0.1) is 0 Å². The number of hydrogen-bond donors (Lipinski definition) is 7. The molecule has 40 heavy (non-hydrogen) atoms. The van der Waals surface area contributed by atoms with Crippen molar-refractivity contribution in [2.75, 3.05) is 11.2 Å². The average Bonchev–Trinajstić information content (AvgIpc) is 2.83. The second kappa shape index (κ2) is 11.0. The van der Waals surface area contributed by atoms with Gasteiger partial charge in [-0.15, -0.1) is 10.2 Å². The fraction of sp³-hybridized carbons (Fsp3) is 0. The number of hydrazone groups is 1. The number of nitrogens with zero attached hydrogens (tertiary/aromatic N) is 3. The Morgan fingerprint density at radius 2 is 1.43 bits per heavy atom. The molecule has 0 fully saturated rings. The molecule has 0 unspecified atom stereocenters. The van der Waals surface area contributed by atoms with Gasteiger partial charge in [0.15, 0.2) is 0 Å². The number of nitrogen functional groups attached to an aromatic ring is 1. The van der Waals surface area contributed by atoms with Gasteiger partial charge >= 0.3 is 5.97 Å².